The minimum absolute atomic E-state index is 0.683. The van der Waals surface area contributed by atoms with E-state index >= 15 is 0 Å². The maximum atomic E-state index is 4.49. The predicted molar refractivity (Wildman–Crippen MR) is 113 cm³/mol. The average Bonchev–Trinajstić information content (AvgIpc) is 3.22. The zero-order valence-corrected chi connectivity index (χ0v) is 16.4. The summed E-state index contributed by atoms with van der Waals surface area (Å²) < 4.78 is 2.14. The summed E-state index contributed by atoms with van der Waals surface area (Å²) >= 11 is 1.70. The highest BCUT2D eigenvalue weighted by molar-refractivity contribution is 7.98. The van der Waals surface area contributed by atoms with Crippen LogP contribution in [0.3, 0.4) is 0 Å². The Bertz CT molecular complexity index is 1090. The molecule has 1 N–H and O–H groups in total. The van der Waals surface area contributed by atoms with Gasteiger partial charge in [-0.15, -0.1) is 16.8 Å². The molecule has 0 radical (unpaired) electrons. The molecule has 0 aliphatic heterocycles. The summed E-state index contributed by atoms with van der Waals surface area (Å²) in [7, 11) is 0. The fourth-order valence-electron chi connectivity index (χ4n) is 3.23. The Labute approximate surface area is 163 Å². The van der Waals surface area contributed by atoms with Crippen LogP contribution in [0.4, 0.5) is 0 Å². The Morgan fingerprint density at radius 2 is 1.93 bits per heavy atom. The number of hydrogen-bond acceptors (Lipinski definition) is 3. The third-order valence-corrected chi connectivity index (χ3v) is 5.84. The quantitative estimate of drug-likeness (QED) is 0.357. The van der Waals surface area contributed by atoms with E-state index in [9.17, 15) is 0 Å². The predicted octanol–water partition coefficient (Wildman–Crippen LogP) is 5.52. The number of hydrogen-bond donors (Lipinski definition) is 1. The summed E-state index contributed by atoms with van der Waals surface area (Å²) in [6, 6.07) is 16.8. The van der Waals surface area contributed by atoms with Gasteiger partial charge in [-0.1, -0.05) is 48.2 Å². The van der Waals surface area contributed by atoms with Gasteiger partial charge in [0, 0.05) is 34.5 Å². The fourth-order valence-corrected chi connectivity index (χ4v) is 4.13. The first kappa shape index (κ1) is 17.6. The molecule has 27 heavy (non-hydrogen) atoms. The second kappa shape index (κ2) is 7.45. The molecule has 0 saturated carbocycles. The van der Waals surface area contributed by atoms with Crippen LogP contribution in [0.15, 0.2) is 66.3 Å². The third-order valence-electron chi connectivity index (χ3n) is 4.81. The maximum absolute atomic E-state index is 4.49. The van der Waals surface area contributed by atoms with Crippen LogP contribution in [-0.4, -0.2) is 19.7 Å². The highest BCUT2D eigenvalue weighted by Gasteiger charge is 2.15. The average molecular weight is 375 g/mol. The minimum atomic E-state index is 0.683. The van der Waals surface area contributed by atoms with Crippen LogP contribution < -0.4 is 0 Å². The summed E-state index contributed by atoms with van der Waals surface area (Å²) in [5.74, 6) is 1.75. The van der Waals surface area contributed by atoms with E-state index in [1.54, 1.807) is 11.8 Å². The number of aryl methyl sites for hydroxylation is 2. The van der Waals surface area contributed by atoms with Crippen molar-refractivity contribution in [2.24, 2.45) is 0 Å². The Morgan fingerprint density at radius 1 is 1.11 bits per heavy atom. The lowest BCUT2D eigenvalue weighted by Crippen LogP contribution is -2.00. The smallest absolute Gasteiger partial charge is 0.192 e. The van der Waals surface area contributed by atoms with E-state index in [0.29, 0.717) is 6.54 Å². The first-order valence-electron chi connectivity index (χ1n) is 8.97. The van der Waals surface area contributed by atoms with Gasteiger partial charge in [-0.25, -0.2) is 0 Å². The van der Waals surface area contributed by atoms with Gasteiger partial charge in [0.25, 0.3) is 0 Å². The zero-order valence-electron chi connectivity index (χ0n) is 15.6. The standard InChI is InChI=1S/C22H22N4S/c1-4-12-26-21(18-10-11-20-19(13-18)15(2)16(3)23-20)24-25-22(26)27-14-17-8-6-5-7-9-17/h4-11,13,23H,1,12,14H2,2-3H3. The summed E-state index contributed by atoms with van der Waals surface area (Å²) in [4.78, 5) is 3.43. The number of fused-ring (bicyclic) bond motifs is 1. The molecule has 0 atom stereocenters. The molecule has 0 aliphatic rings. The molecule has 0 bridgehead atoms. The number of thioether (sulfide) groups is 1. The molecule has 4 nitrogen and oxygen atoms in total. The molecule has 5 heteroatoms. The number of nitrogens with one attached hydrogen (secondary N) is 1. The second-order valence-corrected chi connectivity index (χ2v) is 7.56. The summed E-state index contributed by atoms with van der Waals surface area (Å²) in [6.07, 6.45) is 1.89. The minimum Gasteiger partial charge on any atom is -0.358 e. The van der Waals surface area contributed by atoms with Crippen molar-refractivity contribution in [2.45, 2.75) is 31.3 Å². The first-order valence-corrected chi connectivity index (χ1v) is 9.96. The van der Waals surface area contributed by atoms with Crippen molar-refractivity contribution in [3.8, 4) is 11.4 Å². The van der Waals surface area contributed by atoms with E-state index in [1.165, 1.54) is 22.2 Å². The van der Waals surface area contributed by atoms with Gasteiger partial charge in [-0.3, -0.25) is 4.57 Å². The summed E-state index contributed by atoms with van der Waals surface area (Å²) in [5.41, 5.74) is 5.99. The number of rotatable bonds is 6. The lowest BCUT2D eigenvalue weighted by atomic mass is 10.1. The molecule has 136 valence electrons. The van der Waals surface area contributed by atoms with Crippen LogP contribution in [0.25, 0.3) is 22.3 Å². The van der Waals surface area contributed by atoms with E-state index in [-0.39, 0.29) is 0 Å². The van der Waals surface area contributed by atoms with Crippen LogP contribution in [-0.2, 0) is 12.3 Å². The molecule has 0 amide bonds. The normalized spacial score (nSPS) is 11.2. The van der Waals surface area contributed by atoms with Crippen molar-refractivity contribution >= 4 is 22.7 Å². The monoisotopic (exact) mass is 374 g/mol. The second-order valence-electron chi connectivity index (χ2n) is 6.62. The van der Waals surface area contributed by atoms with Gasteiger partial charge in [0.05, 0.1) is 0 Å². The highest BCUT2D eigenvalue weighted by atomic mass is 32.2. The van der Waals surface area contributed by atoms with Crippen molar-refractivity contribution < 1.29 is 0 Å². The van der Waals surface area contributed by atoms with E-state index < -0.39 is 0 Å². The van der Waals surface area contributed by atoms with Crippen molar-refractivity contribution in [2.75, 3.05) is 0 Å². The summed E-state index contributed by atoms with van der Waals surface area (Å²) in [5, 5.41) is 11.1. The van der Waals surface area contributed by atoms with Gasteiger partial charge in [0.2, 0.25) is 0 Å². The number of H-pyrrole nitrogens is 1. The molecule has 0 fully saturated rings. The molecule has 4 rings (SSSR count). The first-order chi connectivity index (χ1) is 13.2. The number of aromatic nitrogens is 4. The Kier molecular flexibility index (Phi) is 4.86. The van der Waals surface area contributed by atoms with E-state index in [4.69, 9.17) is 0 Å². The molecular weight excluding hydrogens is 352 g/mol. The van der Waals surface area contributed by atoms with Crippen LogP contribution in [0.2, 0.25) is 0 Å². The lowest BCUT2D eigenvalue weighted by Gasteiger charge is -2.08. The van der Waals surface area contributed by atoms with Crippen LogP contribution >= 0.6 is 11.8 Å². The van der Waals surface area contributed by atoms with Gasteiger partial charge in [-0.2, -0.15) is 0 Å². The van der Waals surface area contributed by atoms with Crippen molar-refractivity contribution in [1.82, 2.24) is 19.7 Å². The Morgan fingerprint density at radius 3 is 2.70 bits per heavy atom. The highest BCUT2D eigenvalue weighted by Crippen LogP contribution is 2.30. The lowest BCUT2D eigenvalue weighted by molar-refractivity contribution is 0.731. The number of nitrogens with zero attached hydrogens (tertiary/aromatic N) is 3. The molecule has 4 aromatic rings. The molecule has 0 unspecified atom stereocenters. The topological polar surface area (TPSA) is 46.5 Å². The van der Waals surface area contributed by atoms with Crippen molar-refractivity contribution in [3.05, 3.63) is 78.0 Å². The number of aromatic amines is 1. The maximum Gasteiger partial charge on any atom is 0.192 e. The molecule has 0 spiro atoms. The molecule has 2 heterocycles. The molecular formula is C22H22N4S. The van der Waals surface area contributed by atoms with Crippen molar-refractivity contribution in [1.29, 1.82) is 0 Å². The van der Waals surface area contributed by atoms with Gasteiger partial charge >= 0.3 is 0 Å². The third kappa shape index (κ3) is 3.43. The molecule has 0 aliphatic carbocycles. The van der Waals surface area contributed by atoms with E-state index in [0.717, 1.165) is 27.8 Å². The van der Waals surface area contributed by atoms with Crippen molar-refractivity contribution in [3.63, 3.8) is 0 Å². The Balaban J connectivity index is 1.69. The van der Waals surface area contributed by atoms with E-state index in [2.05, 4.69) is 82.6 Å². The molecule has 0 saturated heterocycles. The van der Waals surface area contributed by atoms with E-state index in [1.807, 2.05) is 12.1 Å². The zero-order chi connectivity index (χ0) is 18.8. The van der Waals surface area contributed by atoms with Gasteiger partial charge in [0.15, 0.2) is 11.0 Å². The van der Waals surface area contributed by atoms with Crippen LogP contribution in [0.1, 0.15) is 16.8 Å². The van der Waals surface area contributed by atoms with Gasteiger partial charge in [-0.05, 0) is 43.2 Å². The Hall–Kier alpha value is -2.79. The van der Waals surface area contributed by atoms with Crippen LogP contribution in [0.5, 0.6) is 0 Å². The number of allylic oxidation sites excluding steroid dienone is 1. The van der Waals surface area contributed by atoms with Gasteiger partial charge < -0.3 is 4.98 Å². The SMILES string of the molecule is C=CCn1c(SCc2ccccc2)nnc1-c1ccc2[nH]c(C)c(C)c2c1. The largest absolute Gasteiger partial charge is 0.358 e. The van der Waals surface area contributed by atoms with Gasteiger partial charge in [0.1, 0.15) is 0 Å². The fraction of sp³-hybridized carbons (Fsp3) is 0.182. The molecule has 2 aromatic heterocycles. The van der Waals surface area contributed by atoms with Crippen LogP contribution in [0, 0.1) is 13.8 Å². The number of benzene rings is 2. The summed E-state index contributed by atoms with van der Waals surface area (Å²) in [6.45, 7) is 8.84. The molecule has 2 aromatic carbocycles.